The van der Waals surface area contributed by atoms with Crippen LogP contribution in [-0.2, 0) is 14.3 Å². The first-order valence-electron chi connectivity index (χ1n) is 9.51. The number of anilines is 1. The van der Waals surface area contributed by atoms with E-state index in [0.29, 0.717) is 9.88 Å². The van der Waals surface area contributed by atoms with E-state index >= 15 is 0 Å². The zero-order valence-corrected chi connectivity index (χ0v) is 17.7. The largest absolute Gasteiger partial charge is 0.448 e. The first-order valence-corrected chi connectivity index (χ1v) is 10.3. The van der Waals surface area contributed by atoms with Gasteiger partial charge < -0.3 is 15.0 Å². The third-order valence-corrected chi connectivity index (χ3v) is 5.70. The van der Waals surface area contributed by atoms with Gasteiger partial charge in [0.15, 0.2) is 6.10 Å². The van der Waals surface area contributed by atoms with Gasteiger partial charge in [-0.3, -0.25) is 9.59 Å². The predicted octanol–water partition coefficient (Wildman–Crippen LogP) is 3.99. The molecule has 0 bridgehead atoms. The fraction of sp³-hybridized carbons (Fsp3) is 0.650. The molecule has 2 heterocycles. The molecule has 2 amide bonds. The van der Waals surface area contributed by atoms with Gasteiger partial charge >= 0.3 is 5.97 Å². The minimum absolute atomic E-state index is 0.117. The van der Waals surface area contributed by atoms with Gasteiger partial charge in [-0.2, -0.15) is 0 Å². The van der Waals surface area contributed by atoms with E-state index in [0.717, 1.165) is 44.3 Å². The van der Waals surface area contributed by atoms with E-state index in [2.05, 4.69) is 5.32 Å². The Hall–Kier alpha value is -1.89. The summed E-state index contributed by atoms with van der Waals surface area (Å²) in [5.74, 6) is -0.779. The first-order chi connectivity index (χ1) is 12.6. The average Bonchev–Trinajstić information content (AvgIpc) is 2.78. The van der Waals surface area contributed by atoms with Crippen LogP contribution >= 0.6 is 11.3 Å². The topological polar surface area (TPSA) is 75.7 Å². The molecule has 7 heteroatoms. The van der Waals surface area contributed by atoms with E-state index in [1.165, 1.54) is 11.3 Å². The SMILES string of the molecule is Cc1cc(NC(=O)C(C)(C)C)sc1C(=O)OC(C)C(=O)N1CCCCCC1. The monoisotopic (exact) mass is 394 g/mol. The number of carbonyl (C=O) groups excluding carboxylic acids is 3. The van der Waals surface area contributed by atoms with Crippen molar-refractivity contribution >= 4 is 34.1 Å². The molecule has 1 atom stereocenters. The number of ether oxygens (including phenoxy) is 1. The molecule has 0 saturated carbocycles. The smallest absolute Gasteiger partial charge is 0.349 e. The van der Waals surface area contributed by atoms with E-state index in [-0.39, 0.29) is 11.8 Å². The van der Waals surface area contributed by atoms with Gasteiger partial charge in [-0.15, -0.1) is 11.3 Å². The zero-order chi connectivity index (χ0) is 20.2. The summed E-state index contributed by atoms with van der Waals surface area (Å²) in [6.07, 6.45) is 3.44. The standard InChI is InChI=1S/C20H30N2O4S/c1-13-12-15(21-19(25)20(3,4)5)27-16(13)18(24)26-14(2)17(23)22-10-8-6-7-9-11-22/h12,14H,6-11H2,1-5H3,(H,21,25). The van der Waals surface area contributed by atoms with Gasteiger partial charge in [-0.05, 0) is 38.3 Å². The van der Waals surface area contributed by atoms with E-state index in [4.69, 9.17) is 4.74 Å². The van der Waals surface area contributed by atoms with Crippen molar-refractivity contribution in [3.05, 3.63) is 16.5 Å². The quantitative estimate of drug-likeness (QED) is 0.784. The summed E-state index contributed by atoms with van der Waals surface area (Å²) in [6.45, 7) is 10.3. The molecule has 1 fully saturated rings. The summed E-state index contributed by atoms with van der Waals surface area (Å²) in [5.41, 5.74) is 0.204. The second kappa shape index (κ2) is 8.87. The predicted molar refractivity (Wildman–Crippen MR) is 107 cm³/mol. The van der Waals surface area contributed by atoms with Crippen LogP contribution in [0.3, 0.4) is 0 Å². The fourth-order valence-electron chi connectivity index (χ4n) is 2.86. The third kappa shape index (κ3) is 5.79. The van der Waals surface area contributed by atoms with Crippen molar-refractivity contribution in [3.8, 4) is 0 Å². The molecule has 150 valence electrons. The maximum Gasteiger partial charge on any atom is 0.349 e. The van der Waals surface area contributed by atoms with Crippen molar-refractivity contribution in [2.24, 2.45) is 5.41 Å². The summed E-state index contributed by atoms with van der Waals surface area (Å²) >= 11 is 1.17. The van der Waals surface area contributed by atoms with E-state index in [1.807, 2.05) is 20.8 Å². The Kier molecular flexibility index (Phi) is 7.03. The van der Waals surface area contributed by atoms with Gasteiger partial charge in [0, 0.05) is 18.5 Å². The van der Waals surface area contributed by atoms with Gasteiger partial charge in [0.05, 0.1) is 5.00 Å². The number of hydrogen-bond acceptors (Lipinski definition) is 5. The lowest BCUT2D eigenvalue weighted by atomic mass is 9.96. The summed E-state index contributed by atoms with van der Waals surface area (Å²) in [6, 6.07) is 1.76. The Morgan fingerprint density at radius 2 is 1.74 bits per heavy atom. The van der Waals surface area contributed by atoms with Crippen LogP contribution in [0.4, 0.5) is 5.00 Å². The number of aryl methyl sites for hydroxylation is 1. The minimum Gasteiger partial charge on any atom is -0.448 e. The van der Waals surface area contributed by atoms with Crippen molar-refractivity contribution in [1.82, 2.24) is 4.90 Å². The maximum absolute atomic E-state index is 12.6. The highest BCUT2D eigenvalue weighted by Gasteiger charge is 2.27. The van der Waals surface area contributed by atoms with E-state index < -0.39 is 17.5 Å². The number of amides is 2. The van der Waals surface area contributed by atoms with Crippen LogP contribution in [0, 0.1) is 12.3 Å². The number of esters is 1. The van der Waals surface area contributed by atoms with E-state index in [9.17, 15) is 14.4 Å². The Morgan fingerprint density at radius 3 is 2.30 bits per heavy atom. The Balaban J connectivity index is 2.00. The Morgan fingerprint density at radius 1 is 1.15 bits per heavy atom. The number of thiophene rings is 1. The number of hydrogen-bond donors (Lipinski definition) is 1. The van der Waals surface area contributed by atoms with E-state index in [1.54, 1.807) is 24.8 Å². The molecule has 0 aromatic carbocycles. The molecule has 1 N–H and O–H groups in total. The average molecular weight is 395 g/mol. The highest BCUT2D eigenvalue weighted by molar-refractivity contribution is 7.18. The lowest BCUT2D eigenvalue weighted by Crippen LogP contribution is -2.40. The number of likely N-dealkylation sites (tertiary alicyclic amines) is 1. The minimum atomic E-state index is -0.815. The van der Waals surface area contributed by atoms with Crippen molar-refractivity contribution in [1.29, 1.82) is 0 Å². The lowest BCUT2D eigenvalue weighted by molar-refractivity contribution is -0.139. The van der Waals surface area contributed by atoms with Crippen LogP contribution in [0.15, 0.2) is 6.07 Å². The van der Waals surface area contributed by atoms with Crippen LogP contribution in [0.1, 0.15) is 68.6 Å². The molecular formula is C20H30N2O4S. The molecule has 0 aliphatic carbocycles. The van der Waals surface area contributed by atoms with Gasteiger partial charge in [0.1, 0.15) is 4.88 Å². The molecule has 1 aliphatic rings. The summed E-state index contributed by atoms with van der Waals surface area (Å²) < 4.78 is 5.43. The highest BCUT2D eigenvalue weighted by Crippen LogP contribution is 2.29. The second-order valence-corrected chi connectivity index (χ2v) is 9.17. The number of rotatable bonds is 4. The Bertz CT molecular complexity index is 697. The van der Waals surface area contributed by atoms with Gasteiger partial charge in [-0.1, -0.05) is 33.6 Å². The molecular weight excluding hydrogens is 364 g/mol. The summed E-state index contributed by atoms with van der Waals surface area (Å²) in [4.78, 5) is 39.4. The first kappa shape index (κ1) is 21.4. The van der Waals surface area contributed by atoms with Crippen LogP contribution < -0.4 is 5.32 Å². The number of nitrogens with zero attached hydrogens (tertiary/aromatic N) is 1. The van der Waals surface area contributed by atoms with Crippen LogP contribution in [0.25, 0.3) is 0 Å². The van der Waals surface area contributed by atoms with Crippen molar-refractivity contribution in [2.75, 3.05) is 18.4 Å². The molecule has 6 nitrogen and oxygen atoms in total. The molecule has 1 aromatic heterocycles. The summed E-state index contributed by atoms with van der Waals surface area (Å²) in [5, 5.41) is 3.43. The molecule has 0 radical (unpaired) electrons. The normalized spacial score (nSPS) is 16.4. The highest BCUT2D eigenvalue weighted by atomic mass is 32.1. The number of carbonyl (C=O) groups is 3. The molecule has 1 unspecified atom stereocenters. The van der Waals surface area contributed by atoms with Crippen molar-refractivity contribution in [3.63, 3.8) is 0 Å². The number of nitrogens with one attached hydrogen (secondary N) is 1. The van der Waals surface area contributed by atoms with Gasteiger partial charge in [0.2, 0.25) is 5.91 Å². The van der Waals surface area contributed by atoms with Crippen LogP contribution in [0.5, 0.6) is 0 Å². The zero-order valence-electron chi connectivity index (χ0n) is 16.9. The van der Waals surface area contributed by atoms with Crippen molar-refractivity contribution in [2.45, 2.75) is 66.4 Å². The van der Waals surface area contributed by atoms with Gasteiger partial charge in [-0.25, -0.2) is 4.79 Å². The molecule has 27 heavy (non-hydrogen) atoms. The summed E-state index contributed by atoms with van der Waals surface area (Å²) in [7, 11) is 0. The molecule has 2 rings (SSSR count). The molecule has 0 spiro atoms. The second-order valence-electron chi connectivity index (χ2n) is 8.11. The van der Waals surface area contributed by atoms with Crippen LogP contribution in [-0.4, -0.2) is 41.9 Å². The molecule has 1 saturated heterocycles. The van der Waals surface area contributed by atoms with Crippen LogP contribution in [0.2, 0.25) is 0 Å². The molecule has 1 aromatic rings. The fourth-order valence-corrected chi connectivity index (χ4v) is 3.81. The molecule has 1 aliphatic heterocycles. The Labute approximate surface area is 165 Å². The third-order valence-electron chi connectivity index (χ3n) is 4.57. The lowest BCUT2D eigenvalue weighted by Gasteiger charge is -2.23. The van der Waals surface area contributed by atoms with Crippen molar-refractivity contribution < 1.29 is 19.1 Å². The maximum atomic E-state index is 12.6. The van der Waals surface area contributed by atoms with Gasteiger partial charge in [0.25, 0.3) is 5.91 Å².